The Balaban J connectivity index is 2.73. The van der Waals surface area contributed by atoms with Gasteiger partial charge in [0.1, 0.15) is 6.04 Å². The molecule has 17 heavy (non-hydrogen) atoms. The lowest BCUT2D eigenvalue weighted by atomic mass is 10.0. The molecule has 1 amide bonds. The zero-order valence-corrected chi connectivity index (χ0v) is 10.2. The summed E-state index contributed by atoms with van der Waals surface area (Å²) in [6, 6.07) is 6.29. The van der Waals surface area contributed by atoms with Crippen molar-refractivity contribution >= 4 is 11.9 Å². The van der Waals surface area contributed by atoms with Crippen LogP contribution >= 0.6 is 0 Å². The van der Waals surface area contributed by atoms with Gasteiger partial charge in [-0.15, -0.1) is 0 Å². The molecule has 0 saturated heterocycles. The van der Waals surface area contributed by atoms with E-state index in [2.05, 4.69) is 19.2 Å². The number of carbonyl (C=O) groups excluding carboxylic acids is 1. The molecule has 0 saturated carbocycles. The van der Waals surface area contributed by atoms with Gasteiger partial charge in [0.15, 0.2) is 0 Å². The first-order valence-corrected chi connectivity index (χ1v) is 5.55. The van der Waals surface area contributed by atoms with Crippen LogP contribution in [0.1, 0.15) is 42.6 Å². The molecule has 0 bridgehead atoms. The van der Waals surface area contributed by atoms with E-state index in [1.165, 1.54) is 6.92 Å². The molecule has 0 radical (unpaired) electrons. The Labute approximate surface area is 101 Å². The molecule has 4 nitrogen and oxygen atoms in total. The van der Waals surface area contributed by atoms with Crippen molar-refractivity contribution in [3.63, 3.8) is 0 Å². The van der Waals surface area contributed by atoms with Crippen LogP contribution in [0.2, 0.25) is 0 Å². The number of hydrogen-bond acceptors (Lipinski definition) is 2. The maximum atomic E-state index is 11.7. The molecule has 0 unspecified atom stereocenters. The molecule has 2 N–H and O–H groups in total. The molecule has 1 aromatic rings. The monoisotopic (exact) mass is 235 g/mol. The van der Waals surface area contributed by atoms with E-state index < -0.39 is 12.0 Å². The fourth-order valence-corrected chi connectivity index (χ4v) is 1.36. The lowest BCUT2D eigenvalue weighted by Crippen LogP contribution is -2.38. The number of aliphatic carboxylic acids is 1. The largest absolute Gasteiger partial charge is 0.480 e. The number of carbonyl (C=O) groups is 2. The van der Waals surface area contributed by atoms with Crippen LogP contribution in [0.3, 0.4) is 0 Å². The maximum Gasteiger partial charge on any atom is 0.325 e. The van der Waals surface area contributed by atoms with Crippen LogP contribution in [-0.4, -0.2) is 23.0 Å². The number of rotatable bonds is 4. The third kappa shape index (κ3) is 3.59. The summed E-state index contributed by atoms with van der Waals surface area (Å²) < 4.78 is 0. The maximum absolute atomic E-state index is 11.7. The number of benzene rings is 1. The van der Waals surface area contributed by atoms with Crippen molar-refractivity contribution in [2.24, 2.45) is 0 Å². The van der Waals surface area contributed by atoms with Gasteiger partial charge in [0.2, 0.25) is 0 Å². The normalized spacial score (nSPS) is 12.2. The predicted molar refractivity (Wildman–Crippen MR) is 65.1 cm³/mol. The summed E-state index contributed by atoms with van der Waals surface area (Å²) in [7, 11) is 0. The summed E-state index contributed by atoms with van der Waals surface area (Å²) >= 11 is 0. The molecule has 0 aliphatic rings. The Kier molecular flexibility index (Phi) is 4.26. The molecule has 0 aliphatic carbocycles. The van der Waals surface area contributed by atoms with Crippen molar-refractivity contribution in [2.75, 3.05) is 0 Å². The summed E-state index contributed by atoms with van der Waals surface area (Å²) in [6.07, 6.45) is 0. The van der Waals surface area contributed by atoms with Crippen LogP contribution < -0.4 is 5.32 Å². The fraction of sp³-hybridized carbons (Fsp3) is 0.385. The fourth-order valence-electron chi connectivity index (χ4n) is 1.36. The first-order valence-electron chi connectivity index (χ1n) is 5.55. The average molecular weight is 235 g/mol. The first kappa shape index (κ1) is 13.2. The van der Waals surface area contributed by atoms with Crippen LogP contribution in [0, 0.1) is 0 Å². The predicted octanol–water partition coefficient (Wildman–Crippen LogP) is 2.01. The second kappa shape index (κ2) is 5.48. The highest BCUT2D eigenvalue weighted by atomic mass is 16.4. The Morgan fingerprint density at radius 1 is 1.12 bits per heavy atom. The third-order valence-electron chi connectivity index (χ3n) is 2.56. The summed E-state index contributed by atoms with van der Waals surface area (Å²) in [5.41, 5.74) is 1.62. The Morgan fingerprint density at radius 3 is 2.06 bits per heavy atom. The first-order chi connectivity index (χ1) is 7.91. The summed E-state index contributed by atoms with van der Waals surface area (Å²) in [5, 5.41) is 11.1. The van der Waals surface area contributed by atoms with E-state index in [1.54, 1.807) is 12.1 Å². The van der Waals surface area contributed by atoms with Gasteiger partial charge in [-0.1, -0.05) is 26.0 Å². The van der Waals surface area contributed by atoms with Gasteiger partial charge in [-0.2, -0.15) is 0 Å². The van der Waals surface area contributed by atoms with Gasteiger partial charge < -0.3 is 10.4 Å². The molecule has 0 aliphatic heterocycles. The standard InChI is InChI=1S/C13H17NO3/c1-8(2)10-4-6-11(7-5-10)12(15)14-9(3)13(16)17/h4-9H,1-3H3,(H,14,15)(H,16,17)/t9-/m0/s1. The van der Waals surface area contributed by atoms with E-state index in [0.29, 0.717) is 11.5 Å². The van der Waals surface area contributed by atoms with Crippen molar-refractivity contribution in [1.82, 2.24) is 5.32 Å². The Hall–Kier alpha value is -1.84. The van der Waals surface area contributed by atoms with E-state index in [0.717, 1.165) is 5.56 Å². The molecule has 1 aromatic carbocycles. The highest BCUT2D eigenvalue weighted by Gasteiger charge is 2.15. The van der Waals surface area contributed by atoms with Gasteiger partial charge in [0, 0.05) is 5.56 Å². The van der Waals surface area contributed by atoms with Crippen molar-refractivity contribution < 1.29 is 14.7 Å². The SMILES string of the molecule is CC(C)c1ccc(C(=O)N[C@@H](C)C(=O)O)cc1. The topological polar surface area (TPSA) is 66.4 Å². The van der Waals surface area contributed by atoms with Gasteiger partial charge in [-0.25, -0.2) is 0 Å². The second-order valence-electron chi connectivity index (χ2n) is 4.31. The molecule has 1 rings (SSSR count). The summed E-state index contributed by atoms with van der Waals surface area (Å²) in [4.78, 5) is 22.3. The van der Waals surface area contributed by atoms with E-state index in [1.807, 2.05) is 12.1 Å². The number of nitrogens with one attached hydrogen (secondary N) is 1. The van der Waals surface area contributed by atoms with E-state index in [-0.39, 0.29) is 5.91 Å². The molecule has 4 heteroatoms. The number of amides is 1. The molecular formula is C13H17NO3. The van der Waals surface area contributed by atoms with Crippen LogP contribution in [0.15, 0.2) is 24.3 Å². The molecule has 0 aromatic heterocycles. The molecule has 0 heterocycles. The van der Waals surface area contributed by atoms with Crippen molar-refractivity contribution in [3.8, 4) is 0 Å². The minimum absolute atomic E-state index is 0.366. The van der Waals surface area contributed by atoms with Gasteiger partial charge in [-0.05, 0) is 30.5 Å². The zero-order chi connectivity index (χ0) is 13.0. The van der Waals surface area contributed by atoms with Crippen LogP contribution in [-0.2, 0) is 4.79 Å². The minimum atomic E-state index is -1.04. The average Bonchev–Trinajstić information content (AvgIpc) is 2.28. The van der Waals surface area contributed by atoms with Gasteiger partial charge in [-0.3, -0.25) is 9.59 Å². The van der Waals surface area contributed by atoms with Crippen molar-refractivity contribution in [1.29, 1.82) is 0 Å². The zero-order valence-electron chi connectivity index (χ0n) is 10.2. The number of carboxylic acid groups (broad SMARTS) is 1. The molecule has 0 fully saturated rings. The molecule has 1 atom stereocenters. The lowest BCUT2D eigenvalue weighted by Gasteiger charge is -2.10. The van der Waals surface area contributed by atoms with Crippen LogP contribution in [0.25, 0.3) is 0 Å². The number of hydrogen-bond donors (Lipinski definition) is 2. The molecule has 0 spiro atoms. The summed E-state index contributed by atoms with van der Waals surface area (Å²) in [6.45, 7) is 5.58. The smallest absolute Gasteiger partial charge is 0.325 e. The second-order valence-corrected chi connectivity index (χ2v) is 4.31. The van der Waals surface area contributed by atoms with Gasteiger partial charge >= 0.3 is 5.97 Å². The van der Waals surface area contributed by atoms with Gasteiger partial charge in [0.25, 0.3) is 5.91 Å². The lowest BCUT2D eigenvalue weighted by molar-refractivity contribution is -0.138. The van der Waals surface area contributed by atoms with Crippen molar-refractivity contribution in [2.45, 2.75) is 32.7 Å². The third-order valence-corrected chi connectivity index (χ3v) is 2.56. The highest BCUT2D eigenvalue weighted by molar-refractivity contribution is 5.96. The number of carboxylic acids is 1. The summed E-state index contributed by atoms with van der Waals surface area (Å²) in [5.74, 6) is -1.00. The van der Waals surface area contributed by atoms with Gasteiger partial charge in [0.05, 0.1) is 0 Å². The highest BCUT2D eigenvalue weighted by Crippen LogP contribution is 2.14. The van der Waals surface area contributed by atoms with E-state index >= 15 is 0 Å². The molecule has 92 valence electrons. The Morgan fingerprint density at radius 2 is 1.65 bits per heavy atom. The molecular weight excluding hydrogens is 218 g/mol. The van der Waals surface area contributed by atoms with Crippen molar-refractivity contribution in [3.05, 3.63) is 35.4 Å². The minimum Gasteiger partial charge on any atom is -0.480 e. The van der Waals surface area contributed by atoms with E-state index in [4.69, 9.17) is 5.11 Å². The van der Waals surface area contributed by atoms with Crippen LogP contribution in [0.4, 0.5) is 0 Å². The van der Waals surface area contributed by atoms with Crippen LogP contribution in [0.5, 0.6) is 0 Å². The Bertz CT molecular complexity index is 409. The van der Waals surface area contributed by atoms with E-state index in [9.17, 15) is 9.59 Å². The quantitative estimate of drug-likeness (QED) is 0.839.